The van der Waals surface area contributed by atoms with Crippen molar-refractivity contribution in [1.82, 2.24) is 15.0 Å². The van der Waals surface area contributed by atoms with E-state index in [1.807, 2.05) is 30.3 Å². The van der Waals surface area contributed by atoms with Gasteiger partial charge in [-0.3, -0.25) is 4.68 Å². The molecule has 1 aromatic heterocycles. The molecule has 0 unspecified atom stereocenters. The van der Waals surface area contributed by atoms with Crippen molar-refractivity contribution >= 4 is 0 Å². The Labute approximate surface area is 89.6 Å². The second kappa shape index (κ2) is 4.70. The first-order valence-electron chi connectivity index (χ1n) is 5.39. The van der Waals surface area contributed by atoms with E-state index in [1.54, 1.807) is 0 Å². The van der Waals surface area contributed by atoms with Crippen molar-refractivity contribution in [3.05, 3.63) is 36.5 Å². The van der Waals surface area contributed by atoms with Crippen LogP contribution in [0.15, 0.2) is 36.5 Å². The lowest BCUT2D eigenvalue weighted by Gasteiger charge is -1.95. The molecule has 0 saturated heterocycles. The van der Waals surface area contributed by atoms with Gasteiger partial charge in [-0.2, -0.15) is 0 Å². The minimum atomic E-state index is 0.0972. The summed E-state index contributed by atoms with van der Waals surface area (Å²) in [7, 11) is 0. The van der Waals surface area contributed by atoms with Crippen molar-refractivity contribution in [2.75, 3.05) is 6.61 Å². The van der Waals surface area contributed by atoms with Gasteiger partial charge in [0.05, 0.1) is 7.54 Å². The summed E-state index contributed by atoms with van der Waals surface area (Å²) in [5.41, 5.74) is 1.47. The average Bonchev–Trinajstić information content (AvgIpc) is 2.69. The molecular formula is C11H13N3O. The molecular weight excluding hydrogens is 190 g/mol. The molecule has 0 fully saturated rings. The Kier molecular flexibility index (Phi) is 2.70. The third-order valence-electron chi connectivity index (χ3n) is 2.06. The lowest BCUT2D eigenvalue weighted by atomic mass is 10.2. The maximum atomic E-state index is 8.72. The predicted octanol–water partition coefficient (Wildman–Crippen LogP) is 1.33. The van der Waals surface area contributed by atoms with Crippen LogP contribution in [0.1, 0.15) is 7.79 Å². The molecule has 0 spiro atoms. The molecule has 0 atom stereocenters. The molecule has 1 aromatic carbocycles. The molecule has 15 heavy (non-hydrogen) atoms. The van der Waals surface area contributed by atoms with E-state index in [9.17, 15) is 0 Å². The molecule has 0 aliphatic heterocycles. The van der Waals surface area contributed by atoms with Crippen molar-refractivity contribution in [2.45, 2.75) is 13.0 Å². The standard InChI is InChI=1S/C11H13N3O/c15-8-4-7-14-9-11(12-13-14)10-5-2-1-3-6-10/h1-3,5-6,9,15H,4,7-8H2/i9D. The fourth-order valence-electron chi connectivity index (χ4n) is 1.31. The second-order valence-electron chi connectivity index (χ2n) is 3.22. The average molecular weight is 204 g/mol. The summed E-state index contributed by atoms with van der Waals surface area (Å²) in [6.07, 6.45) is 0.878. The van der Waals surface area contributed by atoms with Gasteiger partial charge in [0.25, 0.3) is 0 Å². The van der Waals surface area contributed by atoms with Crippen LogP contribution in [0.3, 0.4) is 0 Å². The quantitative estimate of drug-likeness (QED) is 0.817. The zero-order valence-electron chi connectivity index (χ0n) is 9.30. The summed E-state index contributed by atoms with van der Waals surface area (Å²) in [5.74, 6) is 0. The van der Waals surface area contributed by atoms with Gasteiger partial charge in [-0.05, 0) is 6.42 Å². The summed E-state index contributed by atoms with van der Waals surface area (Å²) < 4.78 is 9.40. The zero-order valence-corrected chi connectivity index (χ0v) is 8.30. The van der Waals surface area contributed by atoms with Crippen LogP contribution in [0.4, 0.5) is 0 Å². The normalized spacial score (nSPS) is 11.4. The van der Waals surface area contributed by atoms with Gasteiger partial charge in [-0.25, -0.2) is 0 Å². The smallest absolute Gasteiger partial charge is 0.113 e. The molecule has 1 heterocycles. The maximum Gasteiger partial charge on any atom is 0.113 e. The molecule has 2 aromatic rings. The van der Waals surface area contributed by atoms with Crippen LogP contribution < -0.4 is 0 Å². The number of rotatable bonds is 4. The molecule has 1 N–H and O–H groups in total. The number of hydrogen-bond acceptors (Lipinski definition) is 3. The topological polar surface area (TPSA) is 50.9 Å². The van der Waals surface area contributed by atoms with Gasteiger partial charge in [0.15, 0.2) is 0 Å². The molecule has 0 aliphatic carbocycles. The van der Waals surface area contributed by atoms with E-state index in [-0.39, 0.29) is 6.61 Å². The van der Waals surface area contributed by atoms with E-state index in [1.165, 1.54) is 4.68 Å². The van der Waals surface area contributed by atoms with Gasteiger partial charge >= 0.3 is 0 Å². The van der Waals surface area contributed by atoms with Crippen LogP contribution in [0, 0.1) is 0 Å². The molecule has 0 aliphatic rings. The summed E-state index contributed by atoms with van der Waals surface area (Å²) in [6.45, 7) is 0.620. The summed E-state index contributed by atoms with van der Waals surface area (Å²) in [4.78, 5) is 0. The number of aliphatic hydroxyl groups excluding tert-OH is 1. The Balaban J connectivity index is 2.27. The van der Waals surface area contributed by atoms with Crippen molar-refractivity contribution in [2.24, 2.45) is 0 Å². The monoisotopic (exact) mass is 204 g/mol. The van der Waals surface area contributed by atoms with Crippen molar-refractivity contribution < 1.29 is 6.48 Å². The highest BCUT2D eigenvalue weighted by atomic mass is 16.3. The second-order valence-corrected chi connectivity index (χ2v) is 3.22. The molecule has 78 valence electrons. The van der Waals surface area contributed by atoms with Crippen LogP contribution in [0.2, 0.25) is 0 Å². The Bertz CT molecular complexity index is 456. The van der Waals surface area contributed by atoms with Crippen molar-refractivity contribution in [3.63, 3.8) is 0 Å². The Morgan fingerprint density at radius 1 is 1.33 bits per heavy atom. The summed E-state index contributed by atoms with van der Waals surface area (Å²) >= 11 is 0. The SMILES string of the molecule is [2H]c1c(-c2ccccc2)nnn1CCCO. The third kappa shape index (κ3) is 2.41. The number of nitrogens with zero attached hydrogens (tertiary/aromatic N) is 3. The van der Waals surface area contributed by atoms with E-state index in [4.69, 9.17) is 6.48 Å². The highest BCUT2D eigenvalue weighted by molar-refractivity contribution is 5.56. The first-order valence-corrected chi connectivity index (χ1v) is 4.89. The van der Waals surface area contributed by atoms with Gasteiger partial charge in [-0.1, -0.05) is 35.5 Å². The largest absolute Gasteiger partial charge is 0.396 e. The minimum absolute atomic E-state index is 0.0972. The van der Waals surface area contributed by atoms with E-state index in [0.717, 1.165) is 5.56 Å². The zero-order chi connectivity index (χ0) is 11.4. The number of aromatic nitrogens is 3. The first-order chi connectivity index (χ1) is 7.83. The lowest BCUT2D eigenvalue weighted by Crippen LogP contribution is -2.00. The number of hydrogen-bond donors (Lipinski definition) is 1. The maximum absolute atomic E-state index is 8.72. The van der Waals surface area contributed by atoms with Crippen LogP contribution in [-0.4, -0.2) is 26.7 Å². The molecule has 0 bridgehead atoms. The predicted molar refractivity (Wildman–Crippen MR) is 57.2 cm³/mol. The number of aryl methyl sites for hydroxylation is 1. The fraction of sp³-hybridized carbons (Fsp3) is 0.273. The van der Waals surface area contributed by atoms with Crippen LogP contribution in [-0.2, 0) is 6.54 Å². The van der Waals surface area contributed by atoms with Crippen LogP contribution in [0.25, 0.3) is 11.3 Å². The molecule has 4 heteroatoms. The van der Waals surface area contributed by atoms with E-state index < -0.39 is 0 Å². The summed E-state index contributed by atoms with van der Waals surface area (Å²) in [6, 6.07) is 9.53. The van der Waals surface area contributed by atoms with Gasteiger partial charge in [0.1, 0.15) is 5.69 Å². The molecule has 0 saturated carbocycles. The lowest BCUT2D eigenvalue weighted by molar-refractivity contribution is 0.276. The fourth-order valence-corrected chi connectivity index (χ4v) is 1.31. The van der Waals surface area contributed by atoms with E-state index >= 15 is 0 Å². The first kappa shape index (κ1) is 8.61. The number of aliphatic hydroxyl groups is 1. The Morgan fingerprint density at radius 2 is 2.13 bits per heavy atom. The van der Waals surface area contributed by atoms with Crippen LogP contribution >= 0.6 is 0 Å². The van der Waals surface area contributed by atoms with E-state index in [2.05, 4.69) is 10.3 Å². The number of benzene rings is 1. The highest BCUT2D eigenvalue weighted by Gasteiger charge is 2.01. The summed E-state index contributed by atoms with van der Waals surface area (Å²) in [5, 5.41) is 16.6. The van der Waals surface area contributed by atoms with E-state index in [0.29, 0.717) is 24.8 Å². The van der Waals surface area contributed by atoms with Gasteiger partial charge in [0.2, 0.25) is 0 Å². The third-order valence-corrected chi connectivity index (χ3v) is 2.06. The van der Waals surface area contributed by atoms with Crippen LogP contribution in [0.5, 0.6) is 0 Å². The minimum Gasteiger partial charge on any atom is -0.396 e. The Morgan fingerprint density at radius 3 is 2.87 bits per heavy atom. The van der Waals surface area contributed by atoms with Crippen molar-refractivity contribution in [3.8, 4) is 11.3 Å². The van der Waals surface area contributed by atoms with Gasteiger partial charge < -0.3 is 5.11 Å². The molecule has 4 nitrogen and oxygen atoms in total. The highest BCUT2D eigenvalue weighted by Crippen LogP contribution is 2.14. The van der Waals surface area contributed by atoms with Gasteiger partial charge in [0, 0.05) is 18.7 Å². The van der Waals surface area contributed by atoms with Crippen molar-refractivity contribution in [1.29, 1.82) is 0 Å². The molecule has 0 radical (unpaired) electrons. The van der Waals surface area contributed by atoms with Gasteiger partial charge in [-0.15, -0.1) is 5.10 Å². The molecule has 0 amide bonds. The Hall–Kier alpha value is -1.68. The molecule has 2 rings (SSSR count).